The molecule has 1 fully saturated rings. The molecule has 0 aliphatic carbocycles. The topological polar surface area (TPSA) is 109 Å². The zero-order valence-corrected chi connectivity index (χ0v) is 12.6. The fraction of sp³-hybridized carbons (Fsp3) is 0.500. The van der Waals surface area contributed by atoms with Crippen LogP contribution in [0.1, 0.15) is 33.3 Å². The molecule has 25 heavy (non-hydrogen) atoms. The number of hydrogen-bond donors (Lipinski definition) is 2. The molecule has 2 aliphatic heterocycles. The molecule has 0 radical (unpaired) electrons. The van der Waals surface area contributed by atoms with Gasteiger partial charge in [0.05, 0.1) is 18.7 Å². The second-order valence-electron chi connectivity index (χ2n) is 5.83. The van der Waals surface area contributed by atoms with E-state index in [9.17, 15) is 32.7 Å². The average Bonchev–Trinajstić information content (AvgIpc) is 2.52. The summed E-state index contributed by atoms with van der Waals surface area (Å²) in [5.74, 6) is -3.97. The summed E-state index contributed by atoms with van der Waals surface area (Å²) in [6.45, 7) is -1.55. The molecule has 2 aliphatic rings. The summed E-state index contributed by atoms with van der Waals surface area (Å²) in [5, 5.41) is 19.1. The number of rotatable bonds is 2. The number of ether oxygens (including phenoxy) is 1. The first-order valence-corrected chi connectivity index (χ1v) is 7.28. The van der Waals surface area contributed by atoms with Gasteiger partial charge in [-0.3, -0.25) is 9.59 Å². The highest BCUT2D eigenvalue weighted by Crippen LogP contribution is 2.36. The number of carbonyl (C=O) groups is 2. The van der Waals surface area contributed by atoms with Crippen LogP contribution in [0.5, 0.6) is 5.75 Å². The van der Waals surface area contributed by atoms with Crippen LogP contribution in [-0.2, 0) is 4.74 Å². The predicted octanol–water partition coefficient (Wildman–Crippen LogP) is 0.600. The normalized spacial score (nSPS) is 23.2. The van der Waals surface area contributed by atoms with Gasteiger partial charge in [-0.25, -0.2) is 4.79 Å². The minimum atomic E-state index is -4.68. The van der Waals surface area contributed by atoms with Gasteiger partial charge in [-0.2, -0.15) is 13.2 Å². The molecule has 3 heterocycles. The smallest absolute Gasteiger partial charge is 0.406 e. The van der Waals surface area contributed by atoms with Gasteiger partial charge < -0.3 is 24.4 Å². The highest BCUT2D eigenvalue weighted by molar-refractivity contribution is 5.98. The van der Waals surface area contributed by atoms with Gasteiger partial charge in [-0.15, -0.1) is 0 Å². The number of halogens is 3. The lowest BCUT2D eigenvalue weighted by molar-refractivity contribution is -0.153. The monoisotopic (exact) mass is 362 g/mol. The molecule has 3 rings (SSSR count). The van der Waals surface area contributed by atoms with Crippen LogP contribution in [0, 0.1) is 0 Å². The fourth-order valence-electron chi connectivity index (χ4n) is 3.25. The van der Waals surface area contributed by atoms with Crippen LogP contribution in [0.25, 0.3) is 0 Å². The van der Waals surface area contributed by atoms with E-state index in [4.69, 9.17) is 9.84 Å². The van der Waals surface area contributed by atoms with Crippen molar-refractivity contribution < 1.29 is 37.7 Å². The quantitative estimate of drug-likeness (QED) is 0.798. The number of nitrogens with zero attached hydrogens (tertiary/aromatic N) is 2. The van der Waals surface area contributed by atoms with Crippen molar-refractivity contribution in [2.24, 2.45) is 0 Å². The van der Waals surface area contributed by atoms with Crippen molar-refractivity contribution in [3.05, 3.63) is 27.7 Å². The SMILES string of the molecule is O=C(O)c1cn2c(c(O)c1=O)C(=O)N(CC(F)(F)F)[C@@H]1COCC[C@@H]12. The van der Waals surface area contributed by atoms with Gasteiger partial charge >= 0.3 is 12.1 Å². The lowest BCUT2D eigenvalue weighted by Gasteiger charge is -2.45. The van der Waals surface area contributed by atoms with E-state index in [-0.39, 0.29) is 19.6 Å². The molecular weight excluding hydrogens is 349 g/mol. The Labute approximate surface area is 138 Å². The van der Waals surface area contributed by atoms with Crippen LogP contribution in [0.2, 0.25) is 0 Å². The third-order valence-corrected chi connectivity index (χ3v) is 4.30. The zero-order valence-electron chi connectivity index (χ0n) is 12.6. The summed E-state index contributed by atoms with van der Waals surface area (Å²) < 4.78 is 44.8. The van der Waals surface area contributed by atoms with Gasteiger partial charge in [0.25, 0.3) is 5.91 Å². The molecule has 2 N–H and O–H groups in total. The number of aromatic nitrogens is 1. The first-order chi connectivity index (χ1) is 11.6. The molecule has 1 saturated heterocycles. The molecule has 0 bridgehead atoms. The van der Waals surface area contributed by atoms with Crippen molar-refractivity contribution in [1.82, 2.24) is 9.47 Å². The van der Waals surface area contributed by atoms with E-state index >= 15 is 0 Å². The second-order valence-corrected chi connectivity index (χ2v) is 5.83. The summed E-state index contributed by atoms with van der Waals surface area (Å²) in [5.41, 5.74) is -2.71. The van der Waals surface area contributed by atoms with Crippen molar-refractivity contribution >= 4 is 11.9 Å². The molecule has 1 amide bonds. The van der Waals surface area contributed by atoms with Crippen molar-refractivity contribution in [1.29, 1.82) is 0 Å². The summed E-state index contributed by atoms with van der Waals surface area (Å²) in [7, 11) is 0. The van der Waals surface area contributed by atoms with Crippen LogP contribution in [0.15, 0.2) is 11.0 Å². The van der Waals surface area contributed by atoms with Crippen molar-refractivity contribution in [3.8, 4) is 5.75 Å². The molecule has 1 aromatic heterocycles. The Morgan fingerprint density at radius 2 is 2.00 bits per heavy atom. The molecule has 1 aromatic rings. The summed E-state index contributed by atoms with van der Waals surface area (Å²) in [4.78, 5) is 36.1. The minimum Gasteiger partial charge on any atom is -0.503 e. The number of pyridine rings is 1. The fourth-order valence-corrected chi connectivity index (χ4v) is 3.25. The van der Waals surface area contributed by atoms with Gasteiger partial charge in [0.1, 0.15) is 12.1 Å². The predicted molar refractivity (Wildman–Crippen MR) is 74.7 cm³/mol. The Hall–Kier alpha value is -2.56. The lowest BCUT2D eigenvalue weighted by Crippen LogP contribution is -2.57. The number of carboxylic acids is 1. The average molecular weight is 362 g/mol. The van der Waals surface area contributed by atoms with Crippen LogP contribution < -0.4 is 5.43 Å². The number of hydrogen-bond acceptors (Lipinski definition) is 5. The Morgan fingerprint density at radius 1 is 1.32 bits per heavy atom. The van der Waals surface area contributed by atoms with E-state index in [1.165, 1.54) is 0 Å². The highest BCUT2D eigenvalue weighted by Gasteiger charge is 2.47. The molecule has 11 heteroatoms. The largest absolute Gasteiger partial charge is 0.503 e. The Bertz CT molecular complexity index is 803. The Kier molecular flexibility index (Phi) is 3.98. The van der Waals surface area contributed by atoms with Crippen molar-refractivity contribution in [3.63, 3.8) is 0 Å². The van der Waals surface area contributed by atoms with Gasteiger partial charge in [-0.1, -0.05) is 0 Å². The summed E-state index contributed by atoms with van der Waals surface area (Å²) in [6, 6.07) is -1.73. The number of carbonyl (C=O) groups excluding carboxylic acids is 1. The maximum absolute atomic E-state index is 12.9. The minimum absolute atomic E-state index is 0.165. The molecule has 0 saturated carbocycles. The second kappa shape index (κ2) is 5.76. The molecule has 2 atom stereocenters. The number of amides is 1. The van der Waals surface area contributed by atoms with E-state index in [0.717, 1.165) is 10.8 Å². The van der Waals surface area contributed by atoms with E-state index in [1.54, 1.807) is 0 Å². The van der Waals surface area contributed by atoms with E-state index in [0.29, 0.717) is 4.90 Å². The number of aromatic carboxylic acids is 1. The molecule has 8 nitrogen and oxygen atoms in total. The molecule has 136 valence electrons. The van der Waals surface area contributed by atoms with E-state index in [2.05, 4.69) is 0 Å². The third kappa shape index (κ3) is 2.84. The number of aromatic hydroxyl groups is 1. The maximum Gasteiger partial charge on any atom is 0.406 e. The number of alkyl halides is 3. The standard InChI is InChI=1S/C14H13F3N2O6/c15-14(16,17)5-19-8-4-25-2-1-7(8)18-3-6(13(23)24)10(20)11(21)9(18)12(19)22/h3,7-8,21H,1-2,4-5H2,(H,23,24)/t7-,8+/m0/s1. The van der Waals surface area contributed by atoms with Crippen LogP contribution in [0.3, 0.4) is 0 Å². The van der Waals surface area contributed by atoms with Gasteiger partial charge in [0.15, 0.2) is 11.4 Å². The van der Waals surface area contributed by atoms with E-state index < -0.39 is 59.1 Å². The maximum atomic E-state index is 12.9. The van der Waals surface area contributed by atoms with E-state index in [1.807, 2.05) is 0 Å². The number of carboxylic acid groups (broad SMARTS) is 1. The number of fused-ring (bicyclic) bond motifs is 3. The first kappa shape index (κ1) is 17.3. The van der Waals surface area contributed by atoms with Crippen LogP contribution in [-0.4, -0.2) is 63.5 Å². The van der Waals surface area contributed by atoms with Crippen LogP contribution in [0.4, 0.5) is 13.2 Å². The van der Waals surface area contributed by atoms with Crippen molar-refractivity contribution in [2.75, 3.05) is 19.8 Å². The van der Waals surface area contributed by atoms with Gasteiger partial charge in [0, 0.05) is 12.8 Å². The Morgan fingerprint density at radius 3 is 2.60 bits per heavy atom. The first-order valence-electron chi connectivity index (χ1n) is 7.28. The molecule has 0 unspecified atom stereocenters. The van der Waals surface area contributed by atoms with Gasteiger partial charge in [-0.05, 0) is 6.42 Å². The third-order valence-electron chi connectivity index (χ3n) is 4.30. The van der Waals surface area contributed by atoms with Gasteiger partial charge in [0.2, 0.25) is 5.43 Å². The Balaban J connectivity index is 2.20. The lowest BCUT2D eigenvalue weighted by atomic mass is 9.96. The zero-order chi connectivity index (χ0) is 18.5. The summed E-state index contributed by atoms with van der Waals surface area (Å²) in [6.07, 6.45) is -3.59. The highest BCUT2D eigenvalue weighted by atomic mass is 19.4. The molecule has 0 spiro atoms. The van der Waals surface area contributed by atoms with Crippen molar-refractivity contribution in [2.45, 2.75) is 24.7 Å². The summed E-state index contributed by atoms with van der Waals surface area (Å²) >= 11 is 0. The van der Waals surface area contributed by atoms with Crippen LogP contribution >= 0.6 is 0 Å². The molecular formula is C14H13F3N2O6. The molecule has 0 aromatic carbocycles.